The molecule has 2 unspecified atom stereocenters. The van der Waals surface area contributed by atoms with E-state index in [1.807, 2.05) is 13.8 Å². The molecule has 4 aromatic carbocycles. The molecule has 254 valence electrons. The Morgan fingerprint density at radius 3 is 1.20 bits per heavy atom. The molecule has 0 fully saturated rings. The summed E-state index contributed by atoms with van der Waals surface area (Å²) in [5.41, 5.74) is 16.1. The minimum atomic E-state index is 0.110. The Labute approximate surface area is 305 Å². The molecule has 2 heterocycles. The first-order valence-electron chi connectivity index (χ1n) is 18.2. The van der Waals surface area contributed by atoms with Crippen LogP contribution in [0.3, 0.4) is 0 Å². The van der Waals surface area contributed by atoms with E-state index in [4.69, 9.17) is 8.83 Å². The molecule has 3 heteroatoms. The highest BCUT2D eigenvalue weighted by atomic mass is 28.2. The summed E-state index contributed by atoms with van der Waals surface area (Å²) in [6.45, 7) is 17.7. The van der Waals surface area contributed by atoms with Crippen LogP contribution in [-0.2, 0) is 10.8 Å². The van der Waals surface area contributed by atoms with E-state index in [2.05, 4.69) is 163 Å². The van der Waals surface area contributed by atoms with Gasteiger partial charge in [-0.25, -0.2) is 0 Å². The van der Waals surface area contributed by atoms with Gasteiger partial charge in [-0.15, -0.1) is 0 Å². The molecule has 0 spiro atoms. The molecule has 2 atom stereocenters. The topological polar surface area (TPSA) is 26.3 Å². The third kappa shape index (κ3) is 6.12. The van der Waals surface area contributed by atoms with E-state index in [1.165, 1.54) is 66.8 Å². The highest BCUT2D eigenvalue weighted by molar-refractivity contribution is 6.49. The van der Waals surface area contributed by atoms with Crippen LogP contribution in [-0.4, -0.2) is 9.52 Å². The van der Waals surface area contributed by atoms with Gasteiger partial charge in [0.1, 0.15) is 23.0 Å². The number of fused-ring (bicyclic) bond motifs is 2. The van der Waals surface area contributed by atoms with Crippen LogP contribution >= 0.6 is 0 Å². The van der Waals surface area contributed by atoms with Crippen molar-refractivity contribution in [3.63, 3.8) is 0 Å². The summed E-state index contributed by atoms with van der Waals surface area (Å²) in [6.07, 6.45) is 4.81. The quantitative estimate of drug-likeness (QED) is 0.163. The van der Waals surface area contributed by atoms with Crippen molar-refractivity contribution >= 4 is 32.8 Å². The lowest BCUT2D eigenvalue weighted by Crippen LogP contribution is -2.17. The third-order valence-corrected chi connectivity index (χ3v) is 12.5. The van der Waals surface area contributed by atoms with Gasteiger partial charge in [0.15, 0.2) is 0 Å². The molecule has 2 radical (unpaired) electrons. The fraction of sp³-hybridized carbons (Fsp3) is 0.250. The second-order valence-electron chi connectivity index (χ2n) is 16.3. The van der Waals surface area contributed by atoms with E-state index >= 15 is 0 Å². The normalized spacial score (nSPS) is 16.9. The maximum Gasteiger partial charge on any atom is 0.130 e. The van der Waals surface area contributed by atoms with Gasteiger partial charge in [-0.2, -0.15) is 0 Å². The summed E-state index contributed by atoms with van der Waals surface area (Å²) in [6, 6.07) is 40.5. The predicted molar refractivity (Wildman–Crippen MR) is 215 cm³/mol. The Kier molecular flexibility index (Phi) is 8.11. The number of hydrogen-bond donors (Lipinski definition) is 0. The molecule has 0 N–H and O–H groups in total. The SMILES string of the molecule is Cc1ccc(C2=Cc3c(-c4ccc(C(C)(C)C)cc4)cccc3C2[Si]C2C(c3ccc(C)o3)=Cc3c(-c4ccc(C(C)(C)C)cc4)cccc32)o1. The lowest BCUT2D eigenvalue weighted by atomic mass is 9.86. The first-order chi connectivity index (χ1) is 24.3. The fourth-order valence-corrected chi connectivity index (χ4v) is 9.75. The maximum absolute atomic E-state index is 6.39. The molecule has 2 aliphatic carbocycles. The maximum atomic E-state index is 6.39. The van der Waals surface area contributed by atoms with Crippen LogP contribution in [0.4, 0.5) is 0 Å². The van der Waals surface area contributed by atoms with Crippen molar-refractivity contribution in [3.8, 4) is 22.3 Å². The Bertz CT molecular complexity index is 2150. The molecule has 0 bridgehead atoms. The summed E-state index contributed by atoms with van der Waals surface area (Å²) in [4.78, 5) is 0. The van der Waals surface area contributed by atoms with E-state index in [0.717, 1.165) is 23.0 Å². The van der Waals surface area contributed by atoms with Crippen LogP contribution < -0.4 is 0 Å². The second-order valence-corrected chi connectivity index (χ2v) is 17.8. The van der Waals surface area contributed by atoms with E-state index in [9.17, 15) is 0 Å². The van der Waals surface area contributed by atoms with Gasteiger partial charge in [0, 0.05) is 11.1 Å². The van der Waals surface area contributed by atoms with Gasteiger partial charge in [-0.05, 0) is 128 Å². The van der Waals surface area contributed by atoms with Crippen LogP contribution in [0.15, 0.2) is 118 Å². The number of benzene rings is 4. The highest BCUT2D eigenvalue weighted by Gasteiger charge is 2.38. The first kappa shape index (κ1) is 33.3. The van der Waals surface area contributed by atoms with Gasteiger partial charge >= 0.3 is 0 Å². The molecule has 51 heavy (non-hydrogen) atoms. The Morgan fingerprint density at radius 1 is 0.471 bits per heavy atom. The van der Waals surface area contributed by atoms with Crippen LogP contribution in [0, 0.1) is 13.8 Å². The van der Waals surface area contributed by atoms with Crippen LogP contribution in [0.5, 0.6) is 0 Å². The van der Waals surface area contributed by atoms with Crippen molar-refractivity contribution in [2.45, 2.75) is 77.3 Å². The number of allylic oxidation sites excluding steroid dienone is 2. The van der Waals surface area contributed by atoms with E-state index in [-0.39, 0.29) is 21.9 Å². The molecule has 0 aliphatic heterocycles. The summed E-state index contributed by atoms with van der Waals surface area (Å²) in [7, 11) is 0.536. The van der Waals surface area contributed by atoms with Crippen molar-refractivity contribution < 1.29 is 8.83 Å². The lowest BCUT2D eigenvalue weighted by Gasteiger charge is -2.23. The Hall–Kier alpha value is -4.86. The predicted octanol–water partition coefficient (Wildman–Crippen LogP) is 13.0. The minimum Gasteiger partial charge on any atom is -0.462 e. The molecule has 2 nitrogen and oxygen atoms in total. The van der Waals surface area contributed by atoms with Gasteiger partial charge in [0.05, 0.1) is 9.52 Å². The smallest absolute Gasteiger partial charge is 0.130 e. The largest absolute Gasteiger partial charge is 0.462 e. The van der Waals surface area contributed by atoms with Gasteiger partial charge in [0.25, 0.3) is 0 Å². The van der Waals surface area contributed by atoms with Crippen molar-refractivity contribution in [1.82, 2.24) is 0 Å². The summed E-state index contributed by atoms with van der Waals surface area (Å²) in [5.74, 6) is 3.78. The van der Waals surface area contributed by atoms with Gasteiger partial charge in [0.2, 0.25) is 0 Å². The summed E-state index contributed by atoms with van der Waals surface area (Å²) < 4.78 is 12.8. The summed E-state index contributed by atoms with van der Waals surface area (Å²) in [5, 5.41) is 0. The van der Waals surface area contributed by atoms with Crippen molar-refractivity contribution in [2.75, 3.05) is 0 Å². The van der Waals surface area contributed by atoms with Crippen LogP contribution in [0.2, 0.25) is 0 Å². The average Bonchev–Trinajstić information content (AvgIpc) is 3.90. The number of aryl methyl sites for hydroxylation is 2. The van der Waals surface area contributed by atoms with Gasteiger partial charge in [-0.1, -0.05) is 126 Å². The fourth-order valence-electron chi connectivity index (χ4n) is 7.74. The molecule has 0 amide bonds. The first-order valence-corrected chi connectivity index (χ1v) is 19.3. The van der Waals surface area contributed by atoms with Crippen LogP contribution in [0.25, 0.3) is 45.6 Å². The highest BCUT2D eigenvalue weighted by Crippen LogP contribution is 2.51. The second kappa shape index (κ2) is 12.4. The molecule has 2 aromatic heterocycles. The monoisotopic (exact) mass is 682 g/mol. The molecular formula is C48H46O2Si. The zero-order chi connectivity index (χ0) is 35.7. The van der Waals surface area contributed by atoms with Crippen molar-refractivity contribution in [2.24, 2.45) is 0 Å². The molecule has 8 rings (SSSR count). The zero-order valence-electron chi connectivity index (χ0n) is 31.0. The third-order valence-electron chi connectivity index (χ3n) is 10.6. The zero-order valence-corrected chi connectivity index (χ0v) is 32.0. The molecule has 0 saturated heterocycles. The average molecular weight is 683 g/mol. The minimum absolute atomic E-state index is 0.110. The molecule has 0 saturated carbocycles. The Morgan fingerprint density at radius 2 is 0.863 bits per heavy atom. The van der Waals surface area contributed by atoms with E-state index in [1.54, 1.807) is 0 Å². The number of rotatable bonds is 6. The van der Waals surface area contributed by atoms with Crippen molar-refractivity contribution in [1.29, 1.82) is 0 Å². The summed E-state index contributed by atoms with van der Waals surface area (Å²) >= 11 is 0. The number of furan rings is 2. The van der Waals surface area contributed by atoms with Gasteiger partial charge in [-0.3, -0.25) is 0 Å². The van der Waals surface area contributed by atoms with Crippen LogP contribution in [0.1, 0.15) is 109 Å². The Balaban J connectivity index is 1.24. The van der Waals surface area contributed by atoms with Gasteiger partial charge < -0.3 is 8.83 Å². The van der Waals surface area contributed by atoms with Crippen molar-refractivity contribution in [3.05, 3.63) is 166 Å². The van der Waals surface area contributed by atoms with E-state index in [0.29, 0.717) is 9.52 Å². The van der Waals surface area contributed by atoms with E-state index < -0.39 is 0 Å². The molecular weight excluding hydrogens is 637 g/mol. The number of hydrogen-bond acceptors (Lipinski definition) is 2. The standard InChI is InChI=1S/C48H46O2Si/c1-29-15-25-43(49-29)41-27-39-35(31-17-21-33(22-18-31)47(3,4)5)11-9-13-37(39)45(41)51-46-38-14-10-12-36(32-19-23-34(24-20-32)48(6,7)8)40(38)28-42(46)44-26-16-30(2)50-44/h9-28,45-46H,1-8H3. The molecule has 2 aliphatic rings. The lowest BCUT2D eigenvalue weighted by molar-refractivity contribution is 0.520. The molecule has 6 aromatic rings.